The predicted molar refractivity (Wildman–Crippen MR) is 44.0 cm³/mol. The summed E-state index contributed by atoms with van der Waals surface area (Å²) in [5.74, 6) is -8.99. The van der Waals surface area contributed by atoms with E-state index >= 15 is 0 Å². The number of nitrogens with one attached hydrogen (secondary N) is 1. The van der Waals surface area contributed by atoms with Gasteiger partial charge in [0.25, 0.3) is 0 Å². The van der Waals surface area contributed by atoms with Gasteiger partial charge in [-0.1, -0.05) is 0 Å². The lowest BCUT2D eigenvalue weighted by molar-refractivity contribution is -0.158. The molecule has 0 aliphatic heterocycles. The molecule has 0 rings (SSSR count). The van der Waals surface area contributed by atoms with Gasteiger partial charge in [-0.15, -0.1) is 0 Å². The van der Waals surface area contributed by atoms with E-state index in [9.17, 15) is 35.1 Å². The van der Waals surface area contributed by atoms with Gasteiger partial charge in [-0.3, -0.25) is 0 Å². The Balaban J connectivity index is 4.56. The van der Waals surface area contributed by atoms with Crippen LogP contribution in [-0.4, -0.2) is 37.8 Å². The fourth-order valence-electron chi connectivity index (χ4n) is 1.11. The highest BCUT2D eigenvalue weighted by Crippen LogP contribution is 2.33. The normalized spacial score (nSPS) is 14.1. The Morgan fingerprint density at radius 3 is 1.29 bits per heavy atom. The van der Waals surface area contributed by atoms with E-state index in [0.29, 0.717) is 0 Å². The molecule has 0 aromatic heterocycles. The van der Waals surface area contributed by atoms with Crippen molar-refractivity contribution in [3.63, 3.8) is 0 Å². The SMILES string of the molecule is CNC(CC(F)(F)C(F)F)CC(F)(F)C(F)F. The number of alkyl halides is 8. The van der Waals surface area contributed by atoms with E-state index in [-0.39, 0.29) is 0 Å². The summed E-state index contributed by atoms with van der Waals surface area (Å²) in [7, 11) is 0.952. The molecule has 0 aliphatic rings. The lowest BCUT2D eigenvalue weighted by atomic mass is 10.0. The summed E-state index contributed by atoms with van der Waals surface area (Å²) in [4.78, 5) is 0. The van der Waals surface area contributed by atoms with Crippen molar-refractivity contribution in [2.75, 3.05) is 7.05 Å². The van der Waals surface area contributed by atoms with Crippen LogP contribution in [0.2, 0.25) is 0 Å². The van der Waals surface area contributed by atoms with Crippen molar-refractivity contribution in [3.05, 3.63) is 0 Å². The molecule has 0 bridgehead atoms. The summed E-state index contributed by atoms with van der Waals surface area (Å²) in [5, 5.41) is 1.90. The maximum Gasteiger partial charge on any atom is 0.309 e. The zero-order valence-corrected chi connectivity index (χ0v) is 8.67. The summed E-state index contributed by atoms with van der Waals surface area (Å²) in [5.41, 5.74) is 0. The molecular weight excluding hydrogens is 262 g/mol. The minimum Gasteiger partial charge on any atom is -0.317 e. The molecule has 1 N–H and O–H groups in total. The molecule has 0 saturated heterocycles. The van der Waals surface area contributed by atoms with Crippen LogP contribution < -0.4 is 5.32 Å². The first kappa shape index (κ1) is 16.4. The van der Waals surface area contributed by atoms with Gasteiger partial charge in [-0.05, 0) is 7.05 Å². The first-order chi connectivity index (χ1) is 7.53. The monoisotopic (exact) mass is 273 g/mol. The zero-order valence-electron chi connectivity index (χ0n) is 8.67. The van der Waals surface area contributed by atoms with Crippen molar-refractivity contribution in [2.24, 2.45) is 0 Å². The number of hydrogen-bond acceptors (Lipinski definition) is 1. The molecule has 0 aromatic carbocycles. The molecule has 0 aromatic rings. The third-order valence-electron chi connectivity index (χ3n) is 2.08. The van der Waals surface area contributed by atoms with Crippen LogP contribution in [0.15, 0.2) is 0 Å². The topological polar surface area (TPSA) is 12.0 Å². The third kappa shape index (κ3) is 5.05. The van der Waals surface area contributed by atoms with Crippen LogP contribution in [0.3, 0.4) is 0 Å². The van der Waals surface area contributed by atoms with Crippen molar-refractivity contribution in [3.8, 4) is 0 Å². The van der Waals surface area contributed by atoms with Crippen LogP contribution in [0.1, 0.15) is 12.8 Å². The number of hydrogen-bond donors (Lipinski definition) is 1. The van der Waals surface area contributed by atoms with E-state index in [1.165, 1.54) is 0 Å². The minimum atomic E-state index is -4.49. The van der Waals surface area contributed by atoms with Crippen LogP contribution in [0, 0.1) is 0 Å². The summed E-state index contributed by atoms with van der Waals surface area (Å²) < 4.78 is 97.3. The standard InChI is InChI=1S/C8H11F8N/c1-17-4(2-7(13,14)5(9)10)3-8(15,16)6(11)12/h4-6,17H,2-3H2,1H3. The average molecular weight is 273 g/mol. The zero-order chi connectivity index (χ0) is 13.9. The van der Waals surface area contributed by atoms with E-state index < -0.39 is 43.6 Å². The fraction of sp³-hybridized carbons (Fsp3) is 1.00. The molecular formula is C8H11F8N. The molecule has 1 nitrogen and oxygen atoms in total. The molecule has 0 radical (unpaired) electrons. The van der Waals surface area contributed by atoms with Gasteiger partial charge in [0.2, 0.25) is 0 Å². The summed E-state index contributed by atoms with van der Waals surface area (Å²) in [6.07, 6.45) is -11.3. The minimum absolute atomic E-state index is 0.952. The van der Waals surface area contributed by atoms with Crippen LogP contribution in [0.25, 0.3) is 0 Å². The Morgan fingerprint density at radius 1 is 0.824 bits per heavy atom. The van der Waals surface area contributed by atoms with Gasteiger partial charge in [0.1, 0.15) is 0 Å². The summed E-state index contributed by atoms with van der Waals surface area (Å²) in [6, 6.07) is -1.83. The fourth-order valence-corrected chi connectivity index (χ4v) is 1.11. The van der Waals surface area contributed by atoms with Crippen molar-refractivity contribution < 1.29 is 35.1 Å². The molecule has 0 aliphatic carbocycles. The third-order valence-corrected chi connectivity index (χ3v) is 2.08. The van der Waals surface area contributed by atoms with Gasteiger partial charge in [0.15, 0.2) is 0 Å². The largest absolute Gasteiger partial charge is 0.317 e. The quantitative estimate of drug-likeness (QED) is 0.703. The highest BCUT2D eigenvalue weighted by molar-refractivity contribution is 4.83. The average Bonchev–Trinajstić information content (AvgIpc) is 2.15. The molecule has 0 fully saturated rings. The highest BCUT2D eigenvalue weighted by Gasteiger charge is 2.47. The molecule has 0 atom stereocenters. The first-order valence-corrected chi connectivity index (χ1v) is 4.52. The Hall–Kier alpha value is -0.600. The van der Waals surface area contributed by atoms with Crippen molar-refractivity contribution in [2.45, 2.75) is 43.6 Å². The molecule has 0 spiro atoms. The second kappa shape index (κ2) is 5.83. The maximum absolute atomic E-state index is 12.5. The Morgan fingerprint density at radius 2 is 1.12 bits per heavy atom. The van der Waals surface area contributed by atoms with E-state index in [2.05, 4.69) is 0 Å². The molecule has 17 heavy (non-hydrogen) atoms. The van der Waals surface area contributed by atoms with Gasteiger partial charge < -0.3 is 5.32 Å². The van der Waals surface area contributed by atoms with E-state index in [0.717, 1.165) is 7.05 Å². The van der Waals surface area contributed by atoms with Crippen molar-refractivity contribution in [1.82, 2.24) is 5.32 Å². The number of rotatable bonds is 7. The Labute approximate surface area is 92.2 Å². The molecule has 0 amide bonds. The summed E-state index contributed by atoms with van der Waals surface area (Å²) in [6.45, 7) is 0. The molecule has 104 valence electrons. The smallest absolute Gasteiger partial charge is 0.309 e. The van der Waals surface area contributed by atoms with Gasteiger partial charge in [0, 0.05) is 18.9 Å². The Bertz CT molecular complexity index is 208. The van der Waals surface area contributed by atoms with Gasteiger partial charge in [0.05, 0.1) is 0 Å². The van der Waals surface area contributed by atoms with Crippen LogP contribution in [0.4, 0.5) is 35.1 Å². The van der Waals surface area contributed by atoms with Gasteiger partial charge >= 0.3 is 24.7 Å². The second-order valence-corrected chi connectivity index (χ2v) is 3.52. The lowest BCUT2D eigenvalue weighted by Gasteiger charge is -2.25. The van der Waals surface area contributed by atoms with Crippen LogP contribution in [0.5, 0.6) is 0 Å². The maximum atomic E-state index is 12.5. The van der Waals surface area contributed by atoms with E-state index in [1.54, 1.807) is 0 Å². The van der Waals surface area contributed by atoms with E-state index in [4.69, 9.17) is 0 Å². The molecule has 0 saturated carbocycles. The molecule has 9 heteroatoms. The second-order valence-electron chi connectivity index (χ2n) is 3.52. The predicted octanol–water partition coefficient (Wildman–Crippen LogP) is 3.16. The lowest BCUT2D eigenvalue weighted by Crippen LogP contribution is -2.42. The Kier molecular flexibility index (Phi) is 5.63. The van der Waals surface area contributed by atoms with Crippen molar-refractivity contribution in [1.29, 1.82) is 0 Å². The van der Waals surface area contributed by atoms with Gasteiger partial charge in [-0.2, -0.15) is 0 Å². The van der Waals surface area contributed by atoms with Crippen LogP contribution in [-0.2, 0) is 0 Å². The summed E-state index contributed by atoms with van der Waals surface area (Å²) >= 11 is 0. The highest BCUT2D eigenvalue weighted by atomic mass is 19.3. The molecule has 0 unspecified atom stereocenters. The van der Waals surface area contributed by atoms with Gasteiger partial charge in [-0.25, -0.2) is 35.1 Å². The molecule has 0 heterocycles. The van der Waals surface area contributed by atoms with Crippen molar-refractivity contribution >= 4 is 0 Å². The number of halogens is 8. The first-order valence-electron chi connectivity index (χ1n) is 4.52. The van der Waals surface area contributed by atoms with E-state index in [1.807, 2.05) is 5.32 Å². The van der Waals surface area contributed by atoms with Crippen LogP contribution >= 0.6 is 0 Å².